The molecule has 2 rings (SSSR count). The van der Waals surface area contributed by atoms with Gasteiger partial charge in [-0.3, -0.25) is 0 Å². The van der Waals surface area contributed by atoms with E-state index < -0.39 is 10.0 Å². The van der Waals surface area contributed by atoms with Crippen molar-refractivity contribution in [1.82, 2.24) is 9.21 Å². The lowest BCUT2D eigenvalue weighted by Gasteiger charge is -2.34. The van der Waals surface area contributed by atoms with Crippen LogP contribution in [0, 0.1) is 0 Å². The van der Waals surface area contributed by atoms with E-state index in [4.69, 9.17) is 17.3 Å². The molecule has 0 unspecified atom stereocenters. The van der Waals surface area contributed by atoms with Crippen molar-refractivity contribution in [3.8, 4) is 0 Å². The molecular weight excluding hydrogens is 298 g/mol. The zero-order chi connectivity index (χ0) is 14.9. The van der Waals surface area contributed by atoms with Gasteiger partial charge in [-0.1, -0.05) is 11.6 Å². The fourth-order valence-corrected chi connectivity index (χ4v) is 4.16. The summed E-state index contributed by atoms with van der Waals surface area (Å²) in [5.74, 6) is 0. The highest BCUT2D eigenvalue weighted by Crippen LogP contribution is 2.27. The molecule has 1 aliphatic heterocycles. The molecule has 1 fully saturated rings. The van der Waals surface area contributed by atoms with E-state index in [2.05, 4.69) is 4.90 Å². The van der Waals surface area contributed by atoms with Crippen LogP contribution < -0.4 is 5.73 Å². The summed E-state index contributed by atoms with van der Waals surface area (Å²) in [5, 5.41) is 0.434. The van der Waals surface area contributed by atoms with Crippen molar-refractivity contribution in [1.29, 1.82) is 0 Å². The Balaban J connectivity index is 2.25. The Bertz CT molecular complexity index is 583. The summed E-state index contributed by atoms with van der Waals surface area (Å²) in [4.78, 5) is 2.33. The van der Waals surface area contributed by atoms with Gasteiger partial charge < -0.3 is 10.6 Å². The number of sulfonamides is 1. The topological polar surface area (TPSA) is 66.6 Å². The minimum Gasteiger partial charge on any atom is -0.398 e. The normalized spacial score (nSPS) is 18.6. The summed E-state index contributed by atoms with van der Waals surface area (Å²) < 4.78 is 26.7. The summed E-state index contributed by atoms with van der Waals surface area (Å²) >= 11 is 5.82. The van der Waals surface area contributed by atoms with Crippen molar-refractivity contribution in [2.75, 3.05) is 32.9 Å². The van der Waals surface area contributed by atoms with Gasteiger partial charge in [-0.05, 0) is 51.2 Å². The molecule has 0 spiro atoms. The lowest BCUT2D eigenvalue weighted by Crippen LogP contribution is -2.44. The molecule has 2 N–H and O–H groups in total. The Morgan fingerprint density at radius 1 is 1.35 bits per heavy atom. The number of halogens is 1. The van der Waals surface area contributed by atoms with E-state index in [0.29, 0.717) is 5.02 Å². The maximum atomic E-state index is 12.6. The maximum absolute atomic E-state index is 12.6. The van der Waals surface area contributed by atoms with E-state index in [1.807, 2.05) is 7.05 Å². The van der Waals surface area contributed by atoms with Crippen molar-refractivity contribution in [2.45, 2.75) is 23.8 Å². The van der Waals surface area contributed by atoms with Crippen LogP contribution in [0.3, 0.4) is 0 Å². The van der Waals surface area contributed by atoms with Gasteiger partial charge in [-0.15, -0.1) is 0 Å². The third-order valence-electron chi connectivity index (χ3n) is 3.83. The van der Waals surface area contributed by atoms with Crippen LogP contribution in [0.25, 0.3) is 0 Å². The van der Waals surface area contributed by atoms with Gasteiger partial charge in [-0.25, -0.2) is 8.42 Å². The Morgan fingerprint density at radius 2 is 1.95 bits per heavy atom. The zero-order valence-electron chi connectivity index (χ0n) is 11.7. The summed E-state index contributed by atoms with van der Waals surface area (Å²) in [6.07, 6.45) is 1.67. The highest BCUT2D eigenvalue weighted by atomic mass is 35.5. The highest BCUT2D eigenvalue weighted by molar-refractivity contribution is 7.89. The van der Waals surface area contributed by atoms with Gasteiger partial charge in [-0.2, -0.15) is 4.31 Å². The summed E-state index contributed by atoms with van der Waals surface area (Å²) in [5.41, 5.74) is 5.99. The first-order valence-corrected chi connectivity index (χ1v) is 8.36. The number of hydrogen-bond donors (Lipinski definition) is 1. The molecule has 1 saturated heterocycles. The molecular formula is C13H20ClN3O2S. The van der Waals surface area contributed by atoms with E-state index in [-0.39, 0.29) is 16.6 Å². The minimum absolute atomic E-state index is 0.0197. The molecule has 0 saturated carbocycles. The fraction of sp³-hybridized carbons (Fsp3) is 0.538. The van der Waals surface area contributed by atoms with Gasteiger partial charge in [0.15, 0.2) is 0 Å². The third-order valence-corrected chi connectivity index (χ3v) is 6.05. The molecule has 1 aliphatic rings. The third kappa shape index (κ3) is 3.09. The van der Waals surface area contributed by atoms with Gasteiger partial charge in [0.25, 0.3) is 0 Å². The number of likely N-dealkylation sites (tertiary alicyclic amines) is 1. The predicted octanol–water partition coefficient (Wildman–Crippen LogP) is 1.64. The molecule has 1 aromatic rings. The molecule has 1 aromatic carbocycles. The fourth-order valence-electron chi connectivity index (χ4n) is 2.46. The lowest BCUT2D eigenvalue weighted by atomic mass is 10.1. The second-order valence-electron chi connectivity index (χ2n) is 5.24. The Labute approximate surface area is 125 Å². The number of anilines is 1. The molecule has 0 radical (unpaired) electrons. The molecule has 112 valence electrons. The smallest absolute Gasteiger partial charge is 0.245 e. The van der Waals surface area contributed by atoms with Crippen LogP contribution in [0.5, 0.6) is 0 Å². The van der Waals surface area contributed by atoms with Crippen LogP contribution in [0.4, 0.5) is 5.69 Å². The van der Waals surface area contributed by atoms with Crippen LogP contribution in [0.1, 0.15) is 12.8 Å². The van der Waals surface area contributed by atoms with E-state index >= 15 is 0 Å². The number of nitrogens with zero attached hydrogens (tertiary/aromatic N) is 2. The first-order valence-electron chi connectivity index (χ1n) is 6.54. The number of rotatable bonds is 3. The Morgan fingerprint density at radius 3 is 2.50 bits per heavy atom. The zero-order valence-corrected chi connectivity index (χ0v) is 13.3. The molecule has 0 bridgehead atoms. The van der Waals surface area contributed by atoms with Crippen molar-refractivity contribution in [3.63, 3.8) is 0 Å². The number of nitrogens with two attached hydrogens (primary N) is 1. The van der Waals surface area contributed by atoms with Crippen molar-refractivity contribution >= 4 is 27.3 Å². The van der Waals surface area contributed by atoms with Crippen molar-refractivity contribution < 1.29 is 8.42 Å². The highest BCUT2D eigenvalue weighted by Gasteiger charge is 2.31. The monoisotopic (exact) mass is 317 g/mol. The second kappa shape index (κ2) is 5.89. The van der Waals surface area contributed by atoms with Crippen LogP contribution in [0.15, 0.2) is 23.1 Å². The van der Waals surface area contributed by atoms with E-state index in [0.717, 1.165) is 25.9 Å². The van der Waals surface area contributed by atoms with Gasteiger partial charge >= 0.3 is 0 Å². The van der Waals surface area contributed by atoms with Crippen LogP contribution in [-0.4, -0.2) is 50.8 Å². The van der Waals surface area contributed by atoms with Gasteiger partial charge in [0.2, 0.25) is 10.0 Å². The molecule has 0 aliphatic carbocycles. The quantitative estimate of drug-likeness (QED) is 0.861. The van der Waals surface area contributed by atoms with Gasteiger partial charge in [0, 0.05) is 18.1 Å². The van der Waals surface area contributed by atoms with Gasteiger partial charge in [0.05, 0.1) is 5.69 Å². The number of piperidine rings is 1. The predicted molar refractivity (Wildman–Crippen MR) is 81.3 cm³/mol. The minimum atomic E-state index is -3.57. The average Bonchev–Trinajstić information content (AvgIpc) is 2.38. The summed E-state index contributed by atoms with van der Waals surface area (Å²) in [6, 6.07) is 4.51. The molecule has 1 heterocycles. The molecule has 0 atom stereocenters. The van der Waals surface area contributed by atoms with E-state index in [1.54, 1.807) is 13.1 Å². The number of hydrogen-bond acceptors (Lipinski definition) is 4. The standard InChI is InChI=1S/C13H20ClN3O2S/c1-16-7-5-11(6-8-16)17(2)20(18,19)13-4-3-10(14)9-12(13)15/h3-4,9,11H,5-8,15H2,1-2H3. The molecule has 5 nitrogen and oxygen atoms in total. The van der Waals surface area contributed by atoms with E-state index in [1.165, 1.54) is 16.4 Å². The van der Waals surface area contributed by atoms with Crippen molar-refractivity contribution in [2.24, 2.45) is 0 Å². The molecule has 0 amide bonds. The van der Waals surface area contributed by atoms with Crippen LogP contribution in [0.2, 0.25) is 5.02 Å². The first-order chi connectivity index (χ1) is 9.32. The lowest BCUT2D eigenvalue weighted by molar-refractivity contribution is 0.197. The summed E-state index contributed by atoms with van der Waals surface area (Å²) in [7, 11) is 0.0956. The molecule has 20 heavy (non-hydrogen) atoms. The largest absolute Gasteiger partial charge is 0.398 e. The average molecular weight is 318 g/mol. The second-order valence-corrected chi connectivity index (χ2v) is 7.64. The van der Waals surface area contributed by atoms with E-state index in [9.17, 15) is 8.42 Å². The van der Waals surface area contributed by atoms with Crippen LogP contribution in [-0.2, 0) is 10.0 Å². The maximum Gasteiger partial charge on any atom is 0.245 e. The van der Waals surface area contributed by atoms with Crippen molar-refractivity contribution in [3.05, 3.63) is 23.2 Å². The Hall–Kier alpha value is -0.820. The van der Waals surface area contributed by atoms with Crippen LogP contribution >= 0.6 is 11.6 Å². The molecule has 0 aromatic heterocycles. The SMILES string of the molecule is CN1CCC(N(C)S(=O)(=O)c2ccc(Cl)cc2N)CC1. The Kier molecular flexibility index (Phi) is 4.59. The first kappa shape index (κ1) is 15.6. The van der Waals surface area contributed by atoms with Gasteiger partial charge in [0.1, 0.15) is 4.90 Å². The number of nitrogen functional groups attached to an aromatic ring is 1. The number of benzene rings is 1. The molecule has 7 heteroatoms. The summed E-state index contributed by atoms with van der Waals surface area (Å²) in [6.45, 7) is 1.81.